The van der Waals surface area contributed by atoms with Crippen LogP contribution in [-0.4, -0.2) is 36.4 Å². The highest BCUT2D eigenvalue weighted by atomic mass is 16.5. The van der Waals surface area contributed by atoms with Gasteiger partial charge in [0.1, 0.15) is 5.75 Å². The summed E-state index contributed by atoms with van der Waals surface area (Å²) >= 11 is 0. The molecule has 2 rings (SSSR count). The second-order valence-electron chi connectivity index (χ2n) is 5.26. The van der Waals surface area contributed by atoms with E-state index < -0.39 is 0 Å². The molecule has 1 aromatic carbocycles. The molecule has 0 bridgehead atoms. The molecule has 0 spiro atoms. The summed E-state index contributed by atoms with van der Waals surface area (Å²) in [5.41, 5.74) is 1.07. The molecule has 0 radical (unpaired) electrons. The third-order valence-electron chi connectivity index (χ3n) is 3.57. The van der Waals surface area contributed by atoms with Crippen LogP contribution in [0.25, 0.3) is 0 Å². The van der Waals surface area contributed by atoms with Crippen LogP contribution < -0.4 is 10.1 Å². The SMILES string of the molecule is CCCOc1cccc(CNC2CCC(=O)N(C)C2=O)c1. The minimum absolute atomic E-state index is 0.104. The monoisotopic (exact) mass is 290 g/mol. The summed E-state index contributed by atoms with van der Waals surface area (Å²) < 4.78 is 5.59. The lowest BCUT2D eigenvalue weighted by Gasteiger charge is -2.28. The van der Waals surface area contributed by atoms with Gasteiger partial charge in [0.2, 0.25) is 11.8 Å². The molecule has 5 nitrogen and oxygen atoms in total. The van der Waals surface area contributed by atoms with E-state index in [2.05, 4.69) is 12.2 Å². The highest BCUT2D eigenvalue weighted by Gasteiger charge is 2.31. The summed E-state index contributed by atoms with van der Waals surface area (Å²) in [4.78, 5) is 24.6. The average molecular weight is 290 g/mol. The van der Waals surface area contributed by atoms with E-state index in [-0.39, 0.29) is 17.9 Å². The van der Waals surface area contributed by atoms with Crippen LogP contribution in [-0.2, 0) is 16.1 Å². The Kier molecular flexibility index (Phi) is 5.33. The number of carbonyl (C=O) groups excluding carboxylic acids is 2. The predicted octanol–water partition coefficient (Wildman–Crippen LogP) is 1.71. The molecule has 114 valence electrons. The molecule has 0 aliphatic carbocycles. The standard InChI is InChI=1S/C16H22N2O3/c1-3-9-21-13-6-4-5-12(10-13)11-17-14-7-8-15(19)18(2)16(14)20/h4-6,10,14,17H,3,7-9,11H2,1-2H3. The number of imide groups is 1. The van der Waals surface area contributed by atoms with Crippen molar-refractivity contribution >= 4 is 11.8 Å². The Bertz CT molecular complexity index is 516. The predicted molar refractivity (Wildman–Crippen MR) is 79.9 cm³/mol. The molecular weight excluding hydrogens is 268 g/mol. The molecule has 2 amide bonds. The van der Waals surface area contributed by atoms with Crippen LogP contribution in [0.2, 0.25) is 0 Å². The van der Waals surface area contributed by atoms with Gasteiger partial charge in [0, 0.05) is 20.0 Å². The van der Waals surface area contributed by atoms with Gasteiger partial charge in [-0.15, -0.1) is 0 Å². The lowest BCUT2D eigenvalue weighted by molar-refractivity contribution is -0.148. The molecule has 1 aliphatic heterocycles. The number of carbonyl (C=O) groups is 2. The van der Waals surface area contributed by atoms with Gasteiger partial charge in [0.25, 0.3) is 0 Å². The number of benzene rings is 1. The average Bonchev–Trinajstić information content (AvgIpc) is 2.50. The van der Waals surface area contributed by atoms with Gasteiger partial charge in [-0.1, -0.05) is 19.1 Å². The van der Waals surface area contributed by atoms with Gasteiger partial charge in [-0.3, -0.25) is 14.5 Å². The maximum absolute atomic E-state index is 12.0. The summed E-state index contributed by atoms with van der Waals surface area (Å²) in [6.07, 6.45) is 1.95. The Hall–Kier alpha value is -1.88. The molecule has 21 heavy (non-hydrogen) atoms. The van der Waals surface area contributed by atoms with Crippen molar-refractivity contribution in [3.05, 3.63) is 29.8 Å². The third-order valence-corrected chi connectivity index (χ3v) is 3.57. The van der Waals surface area contributed by atoms with Gasteiger partial charge in [-0.25, -0.2) is 0 Å². The summed E-state index contributed by atoms with van der Waals surface area (Å²) in [5.74, 6) is 0.594. The number of likely N-dealkylation sites (tertiary alicyclic amines) is 1. The smallest absolute Gasteiger partial charge is 0.246 e. The molecule has 1 fully saturated rings. The van der Waals surface area contributed by atoms with E-state index in [1.807, 2.05) is 24.3 Å². The Morgan fingerprint density at radius 2 is 2.19 bits per heavy atom. The van der Waals surface area contributed by atoms with E-state index in [1.54, 1.807) is 0 Å². The Balaban J connectivity index is 1.90. The number of nitrogens with one attached hydrogen (secondary N) is 1. The number of nitrogens with zero attached hydrogens (tertiary/aromatic N) is 1. The molecule has 1 N–H and O–H groups in total. The van der Waals surface area contributed by atoms with E-state index in [0.717, 1.165) is 17.7 Å². The zero-order chi connectivity index (χ0) is 15.2. The molecule has 1 saturated heterocycles. The van der Waals surface area contributed by atoms with Crippen LogP contribution in [0.4, 0.5) is 0 Å². The number of rotatable bonds is 6. The van der Waals surface area contributed by atoms with Gasteiger partial charge in [0.15, 0.2) is 0 Å². The number of piperidine rings is 1. The van der Waals surface area contributed by atoms with E-state index in [4.69, 9.17) is 4.74 Å². The third kappa shape index (κ3) is 4.04. The van der Waals surface area contributed by atoms with Crippen molar-refractivity contribution < 1.29 is 14.3 Å². The van der Waals surface area contributed by atoms with Crippen molar-refractivity contribution in [1.29, 1.82) is 0 Å². The Morgan fingerprint density at radius 3 is 2.95 bits per heavy atom. The maximum atomic E-state index is 12.0. The summed E-state index contributed by atoms with van der Waals surface area (Å²) in [6, 6.07) is 7.56. The van der Waals surface area contributed by atoms with Crippen LogP contribution >= 0.6 is 0 Å². The second kappa shape index (κ2) is 7.22. The van der Waals surface area contributed by atoms with Crippen LogP contribution in [0.5, 0.6) is 5.75 Å². The highest BCUT2D eigenvalue weighted by Crippen LogP contribution is 2.15. The highest BCUT2D eigenvalue weighted by molar-refractivity contribution is 6.00. The van der Waals surface area contributed by atoms with Crippen molar-refractivity contribution in [2.24, 2.45) is 0 Å². The van der Waals surface area contributed by atoms with Crippen LogP contribution in [0.15, 0.2) is 24.3 Å². The molecular formula is C16H22N2O3. The minimum atomic E-state index is -0.284. The fourth-order valence-corrected chi connectivity index (χ4v) is 2.31. The van der Waals surface area contributed by atoms with E-state index >= 15 is 0 Å². The normalized spacial score (nSPS) is 19.0. The first-order valence-electron chi connectivity index (χ1n) is 7.37. The number of hydrogen-bond acceptors (Lipinski definition) is 4. The minimum Gasteiger partial charge on any atom is -0.494 e. The van der Waals surface area contributed by atoms with Gasteiger partial charge >= 0.3 is 0 Å². The number of hydrogen-bond donors (Lipinski definition) is 1. The summed E-state index contributed by atoms with van der Waals surface area (Å²) in [7, 11) is 1.54. The maximum Gasteiger partial charge on any atom is 0.246 e. The Morgan fingerprint density at radius 1 is 1.38 bits per heavy atom. The van der Waals surface area contributed by atoms with Crippen LogP contribution in [0.1, 0.15) is 31.7 Å². The molecule has 1 aromatic rings. The van der Waals surface area contributed by atoms with E-state index in [0.29, 0.717) is 26.0 Å². The largest absolute Gasteiger partial charge is 0.494 e. The van der Waals surface area contributed by atoms with Gasteiger partial charge in [0.05, 0.1) is 12.6 Å². The van der Waals surface area contributed by atoms with Crippen LogP contribution in [0, 0.1) is 0 Å². The molecule has 1 heterocycles. The lowest BCUT2D eigenvalue weighted by Crippen LogP contribution is -2.51. The number of likely N-dealkylation sites (N-methyl/N-ethyl adjacent to an activating group) is 1. The topological polar surface area (TPSA) is 58.6 Å². The first-order valence-corrected chi connectivity index (χ1v) is 7.37. The van der Waals surface area contributed by atoms with Crippen molar-refractivity contribution in [3.63, 3.8) is 0 Å². The first-order chi connectivity index (χ1) is 10.1. The summed E-state index contributed by atoms with van der Waals surface area (Å²) in [5, 5.41) is 3.22. The fraction of sp³-hybridized carbons (Fsp3) is 0.500. The van der Waals surface area contributed by atoms with Crippen molar-refractivity contribution in [2.75, 3.05) is 13.7 Å². The number of ether oxygens (including phenoxy) is 1. The Labute approximate surface area is 125 Å². The van der Waals surface area contributed by atoms with E-state index in [1.165, 1.54) is 11.9 Å². The van der Waals surface area contributed by atoms with Crippen molar-refractivity contribution in [1.82, 2.24) is 10.2 Å². The summed E-state index contributed by atoms with van der Waals surface area (Å²) in [6.45, 7) is 3.35. The molecule has 1 atom stereocenters. The van der Waals surface area contributed by atoms with Gasteiger partial charge in [-0.05, 0) is 30.5 Å². The molecule has 5 heteroatoms. The molecule has 1 unspecified atom stereocenters. The van der Waals surface area contributed by atoms with Crippen molar-refractivity contribution in [3.8, 4) is 5.75 Å². The van der Waals surface area contributed by atoms with Crippen molar-refractivity contribution in [2.45, 2.75) is 38.8 Å². The van der Waals surface area contributed by atoms with Gasteiger partial charge in [-0.2, -0.15) is 0 Å². The number of amides is 2. The molecule has 1 aliphatic rings. The zero-order valence-electron chi connectivity index (χ0n) is 12.6. The quantitative estimate of drug-likeness (QED) is 0.810. The first kappa shape index (κ1) is 15.5. The second-order valence-corrected chi connectivity index (χ2v) is 5.26. The molecule has 0 saturated carbocycles. The van der Waals surface area contributed by atoms with E-state index in [9.17, 15) is 9.59 Å². The van der Waals surface area contributed by atoms with Crippen LogP contribution in [0.3, 0.4) is 0 Å². The fourth-order valence-electron chi connectivity index (χ4n) is 2.31. The molecule has 0 aromatic heterocycles. The van der Waals surface area contributed by atoms with Gasteiger partial charge < -0.3 is 10.1 Å². The lowest BCUT2D eigenvalue weighted by atomic mass is 10.0. The zero-order valence-corrected chi connectivity index (χ0v) is 12.6.